The molecule has 4 saturated heterocycles. The predicted octanol–water partition coefficient (Wildman–Crippen LogP) is 2.33. The summed E-state index contributed by atoms with van der Waals surface area (Å²) in [4.78, 5) is 29.3. The Bertz CT molecular complexity index is 2190. The number of hydrogen-bond donors (Lipinski definition) is 8. The molecule has 0 aromatic heterocycles. The third-order valence-corrected chi connectivity index (χ3v) is 13.4. The molecule has 9 N–H and O–H groups in total. The minimum Gasteiger partial charge on any atom is -0.445 e. The molecule has 2 amide bonds. The third-order valence-electron chi connectivity index (χ3n) is 13.4. The number of aliphatic hydroxyl groups excluding tert-OH is 5. The van der Waals surface area contributed by atoms with Gasteiger partial charge in [-0.15, -0.1) is 0 Å². The van der Waals surface area contributed by atoms with Gasteiger partial charge in [-0.25, -0.2) is 9.59 Å². The van der Waals surface area contributed by atoms with Crippen LogP contribution in [0.2, 0.25) is 0 Å². The van der Waals surface area contributed by atoms with E-state index in [2.05, 4.69) is 20.7 Å². The summed E-state index contributed by atoms with van der Waals surface area (Å²) >= 11 is 0. The monoisotopic (exact) mass is 978 g/mol. The molecule has 5 aliphatic rings. The van der Waals surface area contributed by atoms with Crippen molar-refractivity contribution in [3.63, 3.8) is 0 Å². The number of alkyl carbamates (subject to hydrolysis) is 2. The minimum absolute atomic E-state index is 0.0438. The molecule has 8 rings (SSSR count). The van der Waals surface area contributed by atoms with Gasteiger partial charge in [-0.05, 0) is 47.4 Å². The molecular weight excluding hydrogens is 917 g/mol. The fraction of sp³-hybridized carbons (Fsp3) is 0.583. The summed E-state index contributed by atoms with van der Waals surface area (Å²) in [6.07, 6.45) is -18.9. The fourth-order valence-electron chi connectivity index (χ4n) is 9.76. The molecule has 0 bridgehead atoms. The number of ether oxygens (including phenoxy) is 9. The lowest BCUT2D eigenvalue weighted by Gasteiger charge is -2.48. The number of nitrogens with one attached hydrogen (secondary N) is 2. The van der Waals surface area contributed by atoms with E-state index >= 15 is 0 Å². The van der Waals surface area contributed by atoms with E-state index in [-0.39, 0.29) is 38.7 Å². The molecule has 70 heavy (non-hydrogen) atoms. The van der Waals surface area contributed by atoms with Gasteiger partial charge in [0, 0.05) is 17.4 Å². The third kappa shape index (κ3) is 12.4. The number of aliphatic hydroxyl groups is 5. The molecule has 22 nitrogen and oxygen atoms in total. The molecule has 22 heteroatoms. The molecule has 1 unspecified atom stereocenters. The van der Waals surface area contributed by atoms with Crippen molar-refractivity contribution in [2.75, 3.05) is 13.2 Å². The van der Waals surface area contributed by atoms with Gasteiger partial charge in [-0.1, -0.05) is 103 Å². The largest absolute Gasteiger partial charge is 0.445 e. The molecule has 380 valence electrons. The van der Waals surface area contributed by atoms with E-state index in [4.69, 9.17) is 53.9 Å². The number of benzene rings is 3. The van der Waals surface area contributed by atoms with E-state index in [1.165, 1.54) is 0 Å². The van der Waals surface area contributed by atoms with Gasteiger partial charge in [0.05, 0.1) is 49.8 Å². The van der Waals surface area contributed by atoms with Crippen LogP contribution in [0, 0.1) is 5.92 Å². The van der Waals surface area contributed by atoms with Crippen LogP contribution in [0.1, 0.15) is 55.4 Å². The van der Waals surface area contributed by atoms with Crippen molar-refractivity contribution in [3.8, 4) is 0 Å². The number of fused-ring (bicyclic) bond motifs is 1. The van der Waals surface area contributed by atoms with E-state index in [1.807, 2.05) is 42.5 Å². The number of hydrogen-bond acceptors (Lipinski definition) is 18. The molecule has 1 aliphatic carbocycles. The van der Waals surface area contributed by atoms with Crippen molar-refractivity contribution in [3.05, 3.63) is 118 Å². The zero-order valence-corrected chi connectivity index (χ0v) is 38.4. The number of amides is 2. The first-order valence-corrected chi connectivity index (χ1v) is 23.6. The van der Waals surface area contributed by atoms with Crippen molar-refractivity contribution in [1.29, 1.82) is 0 Å². The van der Waals surface area contributed by atoms with Crippen LogP contribution in [-0.2, 0) is 55.8 Å². The van der Waals surface area contributed by atoms with Crippen LogP contribution in [0.3, 0.4) is 0 Å². The number of rotatable bonds is 16. The topological polar surface area (TPSA) is 317 Å². The van der Waals surface area contributed by atoms with Crippen LogP contribution < -0.4 is 16.4 Å². The van der Waals surface area contributed by atoms with Gasteiger partial charge < -0.3 is 84.5 Å². The maximum absolute atomic E-state index is 13.4. The van der Waals surface area contributed by atoms with Gasteiger partial charge in [0.15, 0.2) is 18.9 Å². The zero-order chi connectivity index (χ0) is 49.3. The quantitative estimate of drug-likeness (QED) is 0.0580. The van der Waals surface area contributed by atoms with Crippen molar-refractivity contribution in [2.45, 2.75) is 156 Å². The Kier molecular flexibility index (Phi) is 17.6. The minimum atomic E-state index is -1.69. The summed E-state index contributed by atoms with van der Waals surface area (Å²) in [5, 5.41) is 66.4. The lowest BCUT2D eigenvalue weighted by molar-refractivity contribution is -0.310. The first-order chi connectivity index (χ1) is 33.9. The SMILES string of the molecule is C[C@H]1C[C@@H](N)[C@H](O)[C@@H](O[C@@H]2O[C@H](CO)[C@@H](O[C@H]3O[C@H]4CCC(c5ccccc5)O[C@H]4[C@H](O)[C@H]3NC(=O)OCc3ccccc3)[C@H]2O)[C@@H]1O[C@H]1O[C@H](CN=[N+]=[N-])C[C@@H](O)[C@H]1NC(=O)OCc1ccccc1. The van der Waals surface area contributed by atoms with Crippen LogP contribution in [0.25, 0.3) is 10.4 Å². The summed E-state index contributed by atoms with van der Waals surface area (Å²) < 4.78 is 55.3. The van der Waals surface area contributed by atoms with Crippen LogP contribution in [0.4, 0.5) is 9.59 Å². The average molecular weight is 979 g/mol. The smallest absolute Gasteiger partial charge is 0.407 e. The Morgan fingerprint density at radius 2 is 1.30 bits per heavy atom. The zero-order valence-electron chi connectivity index (χ0n) is 38.4. The molecule has 5 fully saturated rings. The van der Waals surface area contributed by atoms with Crippen LogP contribution >= 0.6 is 0 Å². The fourth-order valence-corrected chi connectivity index (χ4v) is 9.76. The number of nitrogens with two attached hydrogens (primary N) is 1. The highest BCUT2D eigenvalue weighted by atomic mass is 16.8. The van der Waals surface area contributed by atoms with Crippen LogP contribution in [-0.4, -0.2) is 155 Å². The maximum Gasteiger partial charge on any atom is 0.407 e. The van der Waals surface area contributed by atoms with E-state index < -0.39 is 129 Å². The highest BCUT2D eigenvalue weighted by molar-refractivity contribution is 5.68. The van der Waals surface area contributed by atoms with E-state index in [0.29, 0.717) is 12.8 Å². The first kappa shape index (κ1) is 51.3. The molecule has 0 radical (unpaired) electrons. The van der Waals surface area contributed by atoms with Crippen molar-refractivity contribution in [1.82, 2.24) is 10.6 Å². The lowest BCUT2D eigenvalue weighted by Crippen LogP contribution is -2.66. The Labute approximate surface area is 403 Å². The van der Waals surface area contributed by atoms with Crippen molar-refractivity contribution >= 4 is 12.2 Å². The van der Waals surface area contributed by atoms with Crippen LogP contribution in [0.15, 0.2) is 96.1 Å². The number of carbonyl (C=O) groups excluding carboxylic acids is 2. The highest BCUT2D eigenvalue weighted by Crippen LogP contribution is 2.41. The molecule has 3 aromatic carbocycles. The molecule has 4 heterocycles. The summed E-state index contributed by atoms with van der Waals surface area (Å²) in [7, 11) is 0. The molecular formula is C48H62N6O16. The van der Waals surface area contributed by atoms with Gasteiger partial charge in [0.2, 0.25) is 0 Å². The summed E-state index contributed by atoms with van der Waals surface area (Å²) in [5.41, 5.74) is 17.8. The van der Waals surface area contributed by atoms with E-state index in [1.54, 1.807) is 55.5 Å². The Hall–Kier alpha value is -5.01. The lowest BCUT2D eigenvalue weighted by atomic mass is 9.80. The molecule has 0 spiro atoms. The average Bonchev–Trinajstić information content (AvgIpc) is 3.67. The normalized spacial score (nSPS) is 37.3. The van der Waals surface area contributed by atoms with Crippen molar-refractivity contribution in [2.24, 2.45) is 16.8 Å². The van der Waals surface area contributed by atoms with Crippen molar-refractivity contribution < 1.29 is 77.8 Å². The second kappa shape index (κ2) is 23.9. The highest BCUT2D eigenvalue weighted by Gasteiger charge is 2.56. The number of nitrogens with zero attached hydrogens (tertiary/aromatic N) is 3. The summed E-state index contributed by atoms with van der Waals surface area (Å²) in [6, 6.07) is 24.0. The molecule has 1 saturated carbocycles. The number of azide groups is 1. The van der Waals surface area contributed by atoms with Gasteiger partial charge in [-0.3, -0.25) is 0 Å². The van der Waals surface area contributed by atoms with E-state index in [0.717, 1.165) is 16.7 Å². The summed E-state index contributed by atoms with van der Waals surface area (Å²) in [6.45, 7) is 0.764. The van der Waals surface area contributed by atoms with Gasteiger partial charge >= 0.3 is 12.2 Å². The molecule has 4 aliphatic heterocycles. The second-order valence-corrected chi connectivity index (χ2v) is 18.3. The number of carbonyl (C=O) groups is 2. The Balaban J connectivity index is 0.986. The second-order valence-electron chi connectivity index (χ2n) is 18.3. The van der Waals surface area contributed by atoms with Gasteiger partial charge in [0.1, 0.15) is 61.9 Å². The van der Waals surface area contributed by atoms with Gasteiger partial charge in [-0.2, -0.15) is 0 Å². The van der Waals surface area contributed by atoms with Gasteiger partial charge in [0.25, 0.3) is 0 Å². The molecule has 19 atom stereocenters. The Morgan fingerprint density at radius 3 is 1.93 bits per heavy atom. The van der Waals surface area contributed by atoms with Crippen LogP contribution in [0.5, 0.6) is 0 Å². The standard InChI is InChI=1S/C48H62N6O16/c1-25-19-30(49)37(57)43(40(25)68-44-35(31(56)20-29(64-44)21-51-54-50)52-47(60)62-23-26-11-5-2-6-12-26)70-46-39(59)42(34(22-55)67-46)69-45-36(53-48(61)63-24-27-13-7-3-8-14-27)38(58)41-33(66-45)18-17-32(65-41)28-15-9-4-10-16-28/h2-16,25,29-46,55-59H,17-24,49H2,1H3,(H,52,60)(H,53,61)/t25-,29-,30+,31+,32?,33-,34+,35+,36+,37-,38+,39+,40+,41+,42+,43+,44+,45+,46-/m0/s1. The van der Waals surface area contributed by atoms with E-state index in [9.17, 15) is 35.1 Å². The maximum atomic E-state index is 13.4. The first-order valence-electron chi connectivity index (χ1n) is 23.6. The molecule has 3 aromatic rings. The Morgan fingerprint density at radius 1 is 0.714 bits per heavy atom. The predicted molar refractivity (Wildman–Crippen MR) is 242 cm³/mol. The summed E-state index contributed by atoms with van der Waals surface area (Å²) in [5.74, 6) is -0.482.